The smallest absolute Gasteiger partial charge is 0.244 e. The van der Waals surface area contributed by atoms with Crippen LogP contribution in [0.15, 0.2) is 24.3 Å². The van der Waals surface area contributed by atoms with Crippen LogP contribution in [0.25, 0.3) is 0 Å². The Hall–Kier alpha value is -1.88. The van der Waals surface area contributed by atoms with Crippen LogP contribution in [-0.2, 0) is 9.59 Å². The van der Waals surface area contributed by atoms with Crippen LogP contribution in [0, 0.1) is 0 Å². The van der Waals surface area contributed by atoms with Crippen molar-refractivity contribution in [1.29, 1.82) is 0 Å². The molecule has 1 heterocycles. The molecule has 0 radical (unpaired) electrons. The Morgan fingerprint density at radius 1 is 1.27 bits per heavy atom. The normalized spacial score (nSPS) is 19.0. The second-order valence-electron chi connectivity index (χ2n) is 6.25. The summed E-state index contributed by atoms with van der Waals surface area (Å²) in [5.41, 5.74) is 1.51. The van der Waals surface area contributed by atoms with E-state index in [9.17, 15) is 9.59 Å². The van der Waals surface area contributed by atoms with Crippen LogP contribution in [0.2, 0.25) is 0 Å². The van der Waals surface area contributed by atoms with Crippen LogP contribution < -0.4 is 10.2 Å². The van der Waals surface area contributed by atoms with E-state index in [1.807, 2.05) is 31.3 Å². The molecular weight excluding hydrogens is 278 g/mol. The van der Waals surface area contributed by atoms with E-state index in [2.05, 4.69) is 10.2 Å². The maximum atomic E-state index is 12.7. The summed E-state index contributed by atoms with van der Waals surface area (Å²) >= 11 is 0. The highest BCUT2D eigenvalue weighted by atomic mass is 16.2. The molecule has 1 aromatic carbocycles. The highest BCUT2D eigenvalue weighted by molar-refractivity contribution is 6.10. The van der Waals surface area contributed by atoms with Gasteiger partial charge in [0.15, 0.2) is 0 Å². The third-order valence-electron chi connectivity index (χ3n) is 4.65. The number of hydrogen-bond donors (Lipinski definition) is 1. The second kappa shape index (κ2) is 6.48. The molecule has 1 aliphatic carbocycles. The summed E-state index contributed by atoms with van der Waals surface area (Å²) in [5.74, 6) is -0.136. The standard InChI is InChI=1S/C17H23N3O2/c1-19(13-7-3-2-4-8-13)12-17(22)20-11-16(21)18-14-9-5-6-10-15(14)20/h5-6,9-10,13H,2-4,7-8,11-12H2,1H3,(H,18,21). The number of fused-ring (bicyclic) bond motifs is 1. The highest BCUT2D eigenvalue weighted by Gasteiger charge is 2.28. The third-order valence-corrected chi connectivity index (χ3v) is 4.65. The van der Waals surface area contributed by atoms with E-state index in [0.717, 1.165) is 5.69 Å². The Bertz CT molecular complexity index is 567. The average Bonchev–Trinajstić information content (AvgIpc) is 2.54. The van der Waals surface area contributed by atoms with Gasteiger partial charge in [-0.1, -0.05) is 31.4 Å². The molecule has 1 aromatic rings. The zero-order valence-corrected chi connectivity index (χ0v) is 13.0. The first-order valence-corrected chi connectivity index (χ1v) is 8.04. The lowest BCUT2D eigenvalue weighted by atomic mass is 9.94. The topological polar surface area (TPSA) is 52.7 Å². The fraction of sp³-hybridized carbons (Fsp3) is 0.529. The maximum absolute atomic E-state index is 12.7. The monoisotopic (exact) mass is 301 g/mol. The zero-order valence-electron chi connectivity index (χ0n) is 13.0. The van der Waals surface area contributed by atoms with E-state index >= 15 is 0 Å². The molecule has 118 valence electrons. The molecule has 0 spiro atoms. The van der Waals surface area contributed by atoms with Gasteiger partial charge in [0.2, 0.25) is 11.8 Å². The summed E-state index contributed by atoms with van der Waals surface area (Å²) < 4.78 is 0. The number of likely N-dealkylation sites (N-methyl/N-ethyl adjacent to an activating group) is 1. The molecule has 0 aromatic heterocycles. The van der Waals surface area contributed by atoms with Gasteiger partial charge in [-0.2, -0.15) is 0 Å². The largest absolute Gasteiger partial charge is 0.323 e. The van der Waals surface area contributed by atoms with E-state index in [0.29, 0.717) is 18.3 Å². The van der Waals surface area contributed by atoms with Crippen LogP contribution in [0.3, 0.4) is 0 Å². The summed E-state index contributed by atoms with van der Waals surface area (Å²) in [6, 6.07) is 7.96. The van der Waals surface area contributed by atoms with Crippen LogP contribution >= 0.6 is 0 Å². The van der Waals surface area contributed by atoms with Crippen molar-refractivity contribution in [3.8, 4) is 0 Å². The van der Waals surface area contributed by atoms with Gasteiger partial charge in [-0.15, -0.1) is 0 Å². The number of rotatable bonds is 3. The zero-order chi connectivity index (χ0) is 15.5. The number of nitrogens with zero attached hydrogens (tertiary/aromatic N) is 2. The first-order chi connectivity index (χ1) is 10.6. The highest BCUT2D eigenvalue weighted by Crippen LogP contribution is 2.29. The fourth-order valence-corrected chi connectivity index (χ4v) is 3.41. The molecule has 0 bridgehead atoms. The summed E-state index contributed by atoms with van der Waals surface area (Å²) in [5, 5.41) is 2.81. The van der Waals surface area contributed by atoms with Crippen molar-refractivity contribution in [1.82, 2.24) is 4.90 Å². The van der Waals surface area contributed by atoms with E-state index in [4.69, 9.17) is 0 Å². The number of benzene rings is 1. The molecule has 3 rings (SSSR count). The molecule has 1 fully saturated rings. The quantitative estimate of drug-likeness (QED) is 0.931. The van der Waals surface area contributed by atoms with Gasteiger partial charge in [-0.3, -0.25) is 19.4 Å². The predicted octanol–water partition coefficient (Wildman–Crippen LogP) is 2.24. The Labute approximate surface area is 131 Å². The first-order valence-electron chi connectivity index (χ1n) is 8.04. The SMILES string of the molecule is CN(CC(=O)N1CC(=O)Nc2ccccc21)C1CCCCC1. The Morgan fingerprint density at radius 3 is 2.77 bits per heavy atom. The average molecular weight is 301 g/mol. The van der Waals surface area contributed by atoms with Gasteiger partial charge in [0.1, 0.15) is 6.54 Å². The fourth-order valence-electron chi connectivity index (χ4n) is 3.41. The lowest BCUT2D eigenvalue weighted by Gasteiger charge is -2.34. The van der Waals surface area contributed by atoms with Crippen molar-refractivity contribution in [2.45, 2.75) is 38.1 Å². The lowest BCUT2D eigenvalue weighted by Crippen LogP contribution is -2.48. The summed E-state index contributed by atoms with van der Waals surface area (Å²) in [7, 11) is 2.02. The first kappa shape index (κ1) is 15.0. The summed E-state index contributed by atoms with van der Waals surface area (Å²) in [4.78, 5) is 28.2. The van der Waals surface area contributed by atoms with Gasteiger partial charge in [-0.25, -0.2) is 0 Å². The second-order valence-corrected chi connectivity index (χ2v) is 6.25. The Balaban J connectivity index is 1.70. The number of hydrogen-bond acceptors (Lipinski definition) is 3. The molecule has 22 heavy (non-hydrogen) atoms. The van der Waals surface area contributed by atoms with Gasteiger partial charge >= 0.3 is 0 Å². The van der Waals surface area contributed by atoms with Gasteiger partial charge in [0.05, 0.1) is 17.9 Å². The minimum Gasteiger partial charge on any atom is -0.323 e. The maximum Gasteiger partial charge on any atom is 0.244 e. The van der Waals surface area contributed by atoms with Crippen molar-refractivity contribution in [3.63, 3.8) is 0 Å². The van der Waals surface area contributed by atoms with E-state index in [1.165, 1.54) is 32.1 Å². The molecule has 2 aliphatic rings. The molecule has 2 amide bonds. The number of para-hydroxylation sites is 2. The van der Waals surface area contributed by atoms with E-state index in [-0.39, 0.29) is 18.4 Å². The minimum absolute atomic E-state index is 0.00428. The summed E-state index contributed by atoms with van der Waals surface area (Å²) in [6.07, 6.45) is 6.13. The lowest BCUT2D eigenvalue weighted by molar-refractivity contribution is -0.122. The third kappa shape index (κ3) is 3.14. The molecule has 1 aliphatic heterocycles. The molecule has 5 nitrogen and oxygen atoms in total. The van der Waals surface area contributed by atoms with Crippen molar-refractivity contribution >= 4 is 23.2 Å². The van der Waals surface area contributed by atoms with Gasteiger partial charge in [0, 0.05) is 6.04 Å². The van der Waals surface area contributed by atoms with E-state index in [1.54, 1.807) is 4.90 Å². The van der Waals surface area contributed by atoms with E-state index < -0.39 is 0 Å². The van der Waals surface area contributed by atoms with Crippen molar-refractivity contribution in [2.24, 2.45) is 0 Å². The van der Waals surface area contributed by atoms with Crippen molar-refractivity contribution in [2.75, 3.05) is 30.4 Å². The van der Waals surface area contributed by atoms with Gasteiger partial charge in [-0.05, 0) is 32.0 Å². The molecule has 5 heteroatoms. The number of carbonyl (C=O) groups excluding carboxylic acids is 2. The van der Waals surface area contributed by atoms with Crippen LogP contribution in [0.1, 0.15) is 32.1 Å². The minimum atomic E-state index is -0.132. The Morgan fingerprint density at radius 2 is 2.00 bits per heavy atom. The molecule has 1 saturated carbocycles. The van der Waals surface area contributed by atoms with Crippen LogP contribution in [-0.4, -0.2) is 42.9 Å². The molecule has 1 N–H and O–H groups in total. The van der Waals surface area contributed by atoms with Crippen LogP contribution in [0.5, 0.6) is 0 Å². The predicted molar refractivity (Wildman–Crippen MR) is 86.9 cm³/mol. The number of amides is 2. The molecular formula is C17H23N3O2. The summed E-state index contributed by atoms with van der Waals surface area (Å²) in [6.45, 7) is 0.473. The Kier molecular flexibility index (Phi) is 4.43. The van der Waals surface area contributed by atoms with Gasteiger partial charge in [0.25, 0.3) is 0 Å². The molecule has 0 atom stereocenters. The van der Waals surface area contributed by atoms with Gasteiger partial charge < -0.3 is 5.32 Å². The molecule has 0 unspecified atom stereocenters. The number of carbonyl (C=O) groups is 2. The number of nitrogens with one attached hydrogen (secondary N) is 1. The van der Waals surface area contributed by atoms with Crippen LogP contribution in [0.4, 0.5) is 11.4 Å². The van der Waals surface area contributed by atoms with Crippen molar-refractivity contribution < 1.29 is 9.59 Å². The number of anilines is 2. The van der Waals surface area contributed by atoms with Crippen molar-refractivity contribution in [3.05, 3.63) is 24.3 Å². The molecule has 0 saturated heterocycles.